The number of nitrogens with one attached hydrogen (secondary N) is 2. The number of para-hydroxylation sites is 2. The van der Waals surface area contributed by atoms with E-state index in [2.05, 4.69) is 40.8 Å². The molecular weight excluding hydrogens is 344 g/mol. The molecular formula is C20H34N4OS. The lowest BCUT2D eigenvalue weighted by Crippen LogP contribution is -2.38. The standard InChI is InChI=1S/C20H34N4OS/c1-4-21-20(22-12-7-8-14-26-3)23-15-17-11-13-24(16-17)18-9-5-6-10-19(18)25-2/h5-6,9-10,17H,4,7-8,11-16H2,1-3H3,(H2,21,22,23). The topological polar surface area (TPSA) is 48.9 Å². The highest BCUT2D eigenvalue weighted by atomic mass is 32.2. The fourth-order valence-electron chi connectivity index (χ4n) is 3.23. The van der Waals surface area contributed by atoms with Crippen LogP contribution in [0.4, 0.5) is 5.69 Å². The summed E-state index contributed by atoms with van der Waals surface area (Å²) in [5.41, 5.74) is 1.19. The number of aliphatic imine (C=N–C) groups is 1. The van der Waals surface area contributed by atoms with Gasteiger partial charge in [-0.3, -0.25) is 4.99 Å². The molecule has 5 nitrogen and oxygen atoms in total. The van der Waals surface area contributed by atoms with E-state index in [4.69, 9.17) is 9.73 Å². The van der Waals surface area contributed by atoms with Crippen molar-refractivity contribution in [3.63, 3.8) is 0 Å². The summed E-state index contributed by atoms with van der Waals surface area (Å²) in [5.74, 6) is 3.73. The summed E-state index contributed by atoms with van der Waals surface area (Å²) < 4.78 is 5.50. The van der Waals surface area contributed by atoms with E-state index in [9.17, 15) is 0 Å². The van der Waals surface area contributed by atoms with Crippen molar-refractivity contribution in [2.24, 2.45) is 10.9 Å². The van der Waals surface area contributed by atoms with Crippen LogP contribution in [-0.4, -0.2) is 57.8 Å². The van der Waals surface area contributed by atoms with Gasteiger partial charge in [0.1, 0.15) is 5.75 Å². The zero-order valence-corrected chi connectivity index (χ0v) is 17.3. The van der Waals surface area contributed by atoms with Crippen LogP contribution >= 0.6 is 11.8 Å². The largest absolute Gasteiger partial charge is 0.495 e. The third-order valence-corrected chi connectivity index (χ3v) is 5.33. The Morgan fingerprint density at radius 3 is 2.92 bits per heavy atom. The van der Waals surface area contributed by atoms with E-state index >= 15 is 0 Å². The molecule has 0 amide bonds. The molecule has 1 unspecified atom stereocenters. The minimum atomic E-state index is 0.590. The molecule has 2 rings (SSSR count). The Morgan fingerprint density at radius 2 is 2.15 bits per heavy atom. The van der Waals surface area contributed by atoms with E-state index < -0.39 is 0 Å². The van der Waals surface area contributed by atoms with Gasteiger partial charge in [-0.15, -0.1) is 0 Å². The second kappa shape index (κ2) is 11.9. The molecule has 2 N–H and O–H groups in total. The first-order valence-electron chi connectivity index (χ1n) is 9.67. The van der Waals surface area contributed by atoms with Crippen LogP contribution in [-0.2, 0) is 0 Å². The van der Waals surface area contributed by atoms with E-state index in [0.717, 1.165) is 44.4 Å². The number of guanidine groups is 1. The second-order valence-corrected chi connectivity index (χ2v) is 7.60. The molecule has 1 aromatic rings. The molecule has 0 aromatic heterocycles. The van der Waals surface area contributed by atoms with Crippen LogP contribution in [0.2, 0.25) is 0 Å². The molecule has 1 aliphatic heterocycles. The lowest BCUT2D eigenvalue weighted by molar-refractivity contribution is 0.414. The van der Waals surface area contributed by atoms with Crippen LogP contribution in [0.25, 0.3) is 0 Å². The van der Waals surface area contributed by atoms with Crippen molar-refractivity contribution in [2.45, 2.75) is 26.2 Å². The smallest absolute Gasteiger partial charge is 0.191 e. The summed E-state index contributed by atoms with van der Waals surface area (Å²) in [6, 6.07) is 8.27. The van der Waals surface area contributed by atoms with Crippen LogP contribution in [0.15, 0.2) is 29.3 Å². The van der Waals surface area contributed by atoms with E-state index in [-0.39, 0.29) is 0 Å². The molecule has 1 aromatic carbocycles. The Balaban J connectivity index is 1.82. The third-order valence-electron chi connectivity index (χ3n) is 4.63. The van der Waals surface area contributed by atoms with E-state index in [0.29, 0.717) is 5.92 Å². The molecule has 0 radical (unpaired) electrons. The summed E-state index contributed by atoms with van der Waals surface area (Å²) in [5, 5.41) is 6.82. The number of unbranched alkanes of at least 4 members (excludes halogenated alkanes) is 1. The predicted octanol–water partition coefficient (Wildman–Crippen LogP) is 3.22. The Kier molecular flexibility index (Phi) is 9.53. The lowest BCUT2D eigenvalue weighted by Gasteiger charge is -2.21. The van der Waals surface area contributed by atoms with E-state index in [1.54, 1.807) is 7.11 Å². The number of thioether (sulfide) groups is 1. The molecule has 1 fully saturated rings. The maximum absolute atomic E-state index is 5.50. The Morgan fingerprint density at radius 1 is 1.31 bits per heavy atom. The van der Waals surface area contributed by atoms with Gasteiger partial charge in [-0.05, 0) is 56.2 Å². The summed E-state index contributed by atoms with van der Waals surface area (Å²) in [6.07, 6.45) is 5.78. The minimum Gasteiger partial charge on any atom is -0.495 e. The maximum Gasteiger partial charge on any atom is 0.191 e. The number of benzene rings is 1. The summed E-state index contributed by atoms with van der Waals surface area (Å²) >= 11 is 1.91. The van der Waals surface area contributed by atoms with Crippen molar-refractivity contribution < 1.29 is 4.74 Å². The molecule has 0 spiro atoms. The third kappa shape index (κ3) is 6.63. The molecule has 1 aliphatic rings. The van der Waals surface area contributed by atoms with Gasteiger partial charge in [0, 0.05) is 32.7 Å². The second-order valence-electron chi connectivity index (χ2n) is 6.62. The average molecular weight is 379 g/mol. The van der Waals surface area contributed by atoms with Gasteiger partial charge in [-0.1, -0.05) is 12.1 Å². The van der Waals surface area contributed by atoms with E-state index in [1.165, 1.54) is 30.7 Å². The van der Waals surface area contributed by atoms with Crippen molar-refractivity contribution in [2.75, 3.05) is 56.7 Å². The first-order valence-corrected chi connectivity index (χ1v) is 11.1. The molecule has 146 valence electrons. The highest BCUT2D eigenvalue weighted by Crippen LogP contribution is 2.31. The van der Waals surface area contributed by atoms with Crippen molar-refractivity contribution in [1.29, 1.82) is 0 Å². The van der Waals surface area contributed by atoms with Crippen molar-refractivity contribution in [1.82, 2.24) is 10.6 Å². The zero-order chi connectivity index (χ0) is 18.6. The van der Waals surface area contributed by atoms with Crippen LogP contribution in [0.3, 0.4) is 0 Å². The number of hydrogen-bond acceptors (Lipinski definition) is 4. The average Bonchev–Trinajstić information content (AvgIpc) is 3.14. The first-order chi connectivity index (χ1) is 12.8. The van der Waals surface area contributed by atoms with Gasteiger partial charge in [0.2, 0.25) is 0 Å². The van der Waals surface area contributed by atoms with Crippen LogP contribution in [0.1, 0.15) is 26.2 Å². The number of ether oxygens (including phenoxy) is 1. The van der Waals surface area contributed by atoms with Gasteiger partial charge in [-0.25, -0.2) is 0 Å². The summed E-state index contributed by atoms with van der Waals surface area (Å²) in [7, 11) is 1.74. The predicted molar refractivity (Wildman–Crippen MR) is 115 cm³/mol. The Labute approximate surface area is 163 Å². The molecule has 0 saturated carbocycles. The van der Waals surface area contributed by atoms with Crippen molar-refractivity contribution >= 4 is 23.4 Å². The minimum absolute atomic E-state index is 0.590. The number of anilines is 1. The number of nitrogens with zero attached hydrogens (tertiary/aromatic N) is 2. The fraction of sp³-hybridized carbons (Fsp3) is 0.650. The molecule has 0 aliphatic carbocycles. The number of methoxy groups -OCH3 is 1. The number of rotatable bonds is 10. The summed E-state index contributed by atoms with van der Waals surface area (Å²) in [4.78, 5) is 7.23. The molecule has 0 bridgehead atoms. The maximum atomic E-state index is 5.50. The summed E-state index contributed by atoms with van der Waals surface area (Å²) in [6.45, 7) is 6.98. The van der Waals surface area contributed by atoms with Crippen molar-refractivity contribution in [3.8, 4) is 5.75 Å². The lowest BCUT2D eigenvalue weighted by atomic mass is 10.1. The first kappa shape index (κ1) is 20.7. The van der Waals surface area contributed by atoms with E-state index in [1.807, 2.05) is 23.9 Å². The SMILES string of the molecule is CCNC(=NCC1CCN(c2ccccc2OC)C1)NCCCCSC. The highest BCUT2D eigenvalue weighted by Gasteiger charge is 2.24. The normalized spacial score (nSPS) is 17.4. The molecule has 1 atom stereocenters. The van der Waals surface area contributed by atoms with Crippen LogP contribution < -0.4 is 20.3 Å². The molecule has 1 saturated heterocycles. The Hall–Kier alpha value is -1.56. The quantitative estimate of drug-likeness (QED) is 0.372. The van der Waals surface area contributed by atoms with Gasteiger partial charge in [0.25, 0.3) is 0 Å². The number of hydrogen-bond donors (Lipinski definition) is 2. The Bertz CT molecular complexity index is 552. The molecule has 1 heterocycles. The monoisotopic (exact) mass is 378 g/mol. The van der Waals surface area contributed by atoms with Gasteiger partial charge < -0.3 is 20.3 Å². The van der Waals surface area contributed by atoms with Gasteiger partial charge in [0.05, 0.1) is 12.8 Å². The highest BCUT2D eigenvalue weighted by molar-refractivity contribution is 7.98. The van der Waals surface area contributed by atoms with Gasteiger partial charge in [0.15, 0.2) is 5.96 Å². The fourth-order valence-corrected chi connectivity index (χ4v) is 3.72. The van der Waals surface area contributed by atoms with Crippen molar-refractivity contribution in [3.05, 3.63) is 24.3 Å². The van der Waals surface area contributed by atoms with Gasteiger partial charge in [-0.2, -0.15) is 11.8 Å². The van der Waals surface area contributed by atoms with Crippen LogP contribution in [0, 0.1) is 5.92 Å². The van der Waals surface area contributed by atoms with Crippen LogP contribution in [0.5, 0.6) is 5.75 Å². The molecule has 26 heavy (non-hydrogen) atoms. The van der Waals surface area contributed by atoms with Gasteiger partial charge >= 0.3 is 0 Å². The molecule has 6 heteroatoms. The zero-order valence-electron chi connectivity index (χ0n) is 16.5.